The minimum Gasteiger partial charge on any atom is -0.305 e. The third kappa shape index (κ3) is 6.83. The Morgan fingerprint density at radius 3 is 1.36 bits per heavy atom. The number of benzene rings is 2. The predicted octanol–water partition coefficient (Wildman–Crippen LogP) is 4.47. The summed E-state index contributed by atoms with van der Waals surface area (Å²) in [6.45, 7) is 0. The average Bonchev–Trinajstić information content (AvgIpc) is 2.62. The number of nitrogens with zero attached hydrogens (tertiary/aromatic N) is 1. The zero-order chi connectivity index (χ0) is 20.9. The van der Waals surface area contributed by atoms with Crippen molar-refractivity contribution in [3.05, 3.63) is 58.6 Å². The van der Waals surface area contributed by atoms with Gasteiger partial charge in [-0.1, -0.05) is 23.2 Å². The van der Waals surface area contributed by atoms with E-state index in [4.69, 9.17) is 23.2 Å². The Hall–Kier alpha value is -0.420. The van der Waals surface area contributed by atoms with Gasteiger partial charge < -0.3 is 4.90 Å². The molecule has 0 bridgehead atoms. The highest BCUT2D eigenvalue weighted by Gasteiger charge is 2.23. The number of halogens is 2. The Kier molecular flexibility index (Phi) is 8.57. The van der Waals surface area contributed by atoms with E-state index in [1.165, 1.54) is 48.5 Å². The molecule has 0 N–H and O–H groups in total. The molecule has 0 spiro atoms. The Morgan fingerprint density at radius 1 is 0.750 bits per heavy atom. The van der Waals surface area contributed by atoms with Crippen LogP contribution < -0.4 is 0 Å². The van der Waals surface area contributed by atoms with Gasteiger partial charge in [-0.25, -0.2) is 16.8 Å². The quantitative estimate of drug-likeness (QED) is 0.471. The van der Waals surface area contributed by atoms with Gasteiger partial charge in [-0.2, -0.15) is 0 Å². The van der Waals surface area contributed by atoms with E-state index >= 15 is 0 Å². The standard InChI is InChI=1S/C17H19Cl2NO4S4/c1-20(2)15(11-25-27(21,22)16-7-3-13(18)4-8-16)12-26-28(23,24)17-9-5-14(19)6-10-17/h3-10,15H,11-12H2,1-2H3. The highest BCUT2D eigenvalue weighted by Crippen LogP contribution is 2.29. The van der Waals surface area contributed by atoms with Crippen LogP contribution in [-0.2, 0) is 17.7 Å². The molecule has 0 aliphatic rings. The van der Waals surface area contributed by atoms with Crippen molar-refractivity contribution in [2.24, 2.45) is 0 Å². The normalized spacial score (nSPS) is 12.6. The molecule has 0 radical (unpaired) electrons. The number of hydrogen-bond donors (Lipinski definition) is 0. The molecule has 0 saturated carbocycles. The van der Waals surface area contributed by atoms with Gasteiger partial charge in [0.1, 0.15) is 0 Å². The van der Waals surface area contributed by atoms with Gasteiger partial charge in [0.25, 0.3) is 0 Å². The molecule has 0 amide bonds. The third-order valence-corrected chi connectivity index (χ3v) is 11.5. The van der Waals surface area contributed by atoms with E-state index in [0.29, 0.717) is 10.0 Å². The van der Waals surface area contributed by atoms with Crippen LogP contribution in [0.4, 0.5) is 0 Å². The van der Waals surface area contributed by atoms with Crippen molar-refractivity contribution in [2.45, 2.75) is 15.8 Å². The lowest BCUT2D eigenvalue weighted by atomic mass is 10.4. The van der Waals surface area contributed by atoms with E-state index in [0.717, 1.165) is 21.6 Å². The molecule has 0 fully saturated rings. The lowest BCUT2D eigenvalue weighted by molar-refractivity contribution is 0.345. The molecule has 2 aromatic carbocycles. The first-order valence-electron chi connectivity index (χ1n) is 7.98. The van der Waals surface area contributed by atoms with Crippen molar-refractivity contribution in [1.29, 1.82) is 0 Å². The van der Waals surface area contributed by atoms with Crippen LogP contribution in [0.3, 0.4) is 0 Å². The maximum atomic E-state index is 12.5. The smallest absolute Gasteiger partial charge is 0.230 e. The van der Waals surface area contributed by atoms with E-state index in [1.807, 2.05) is 4.90 Å². The molecule has 2 aromatic rings. The first-order valence-corrected chi connectivity index (χ1v) is 14.7. The van der Waals surface area contributed by atoms with Crippen LogP contribution >= 0.6 is 44.8 Å². The molecule has 0 aromatic heterocycles. The van der Waals surface area contributed by atoms with Gasteiger partial charge in [-0.3, -0.25) is 0 Å². The second kappa shape index (κ2) is 10.1. The molecule has 0 aliphatic carbocycles. The molecule has 0 saturated heterocycles. The van der Waals surface area contributed by atoms with Gasteiger partial charge in [0.05, 0.1) is 9.79 Å². The molecule has 0 unspecified atom stereocenters. The third-order valence-electron chi connectivity index (χ3n) is 3.77. The molecule has 0 aliphatic heterocycles. The van der Waals surface area contributed by atoms with Gasteiger partial charge in [0.2, 0.25) is 17.7 Å². The maximum absolute atomic E-state index is 12.5. The fourth-order valence-corrected chi connectivity index (χ4v) is 8.64. The van der Waals surface area contributed by atoms with Crippen LogP contribution in [0.5, 0.6) is 0 Å². The van der Waals surface area contributed by atoms with E-state index in [2.05, 4.69) is 0 Å². The summed E-state index contributed by atoms with van der Waals surface area (Å²) in [5.41, 5.74) is 0. The Morgan fingerprint density at radius 2 is 1.07 bits per heavy atom. The molecule has 28 heavy (non-hydrogen) atoms. The largest absolute Gasteiger partial charge is 0.305 e. The van der Waals surface area contributed by atoms with E-state index < -0.39 is 17.7 Å². The molecular formula is C17H19Cl2NO4S4. The van der Waals surface area contributed by atoms with Crippen LogP contribution in [-0.4, -0.2) is 53.4 Å². The first-order chi connectivity index (χ1) is 13.0. The zero-order valence-corrected chi connectivity index (χ0v) is 19.9. The van der Waals surface area contributed by atoms with Crippen molar-refractivity contribution in [3.63, 3.8) is 0 Å². The van der Waals surface area contributed by atoms with Crippen LogP contribution in [0.1, 0.15) is 0 Å². The molecule has 11 heteroatoms. The maximum Gasteiger partial charge on any atom is 0.230 e. The van der Waals surface area contributed by atoms with Crippen LogP contribution in [0.15, 0.2) is 58.3 Å². The van der Waals surface area contributed by atoms with Crippen molar-refractivity contribution in [1.82, 2.24) is 4.90 Å². The lowest BCUT2D eigenvalue weighted by Gasteiger charge is -2.23. The molecule has 0 heterocycles. The molecular weight excluding hydrogens is 481 g/mol. The topological polar surface area (TPSA) is 71.5 Å². The van der Waals surface area contributed by atoms with Crippen molar-refractivity contribution >= 4 is 62.5 Å². The van der Waals surface area contributed by atoms with Gasteiger partial charge in [-0.05, 0) is 84.2 Å². The Bertz CT molecular complexity index is 913. The van der Waals surface area contributed by atoms with Crippen molar-refractivity contribution in [3.8, 4) is 0 Å². The Labute approximate surface area is 183 Å². The summed E-state index contributed by atoms with van der Waals surface area (Å²) < 4.78 is 50.0. The fraction of sp³-hybridized carbons (Fsp3) is 0.294. The SMILES string of the molecule is CN(C)C(CSS(=O)(=O)c1ccc(Cl)cc1)CSS(=O)(=O)c1ccc(Cl)cc1. The van der Waals surface area contributed by atoms with Crippen LogP contribution in [0.25, 0.3) is 0 Å². The average molecular weight is 501 g/mol. The monoisotopic (exact) mass is 499 g/mol. The highest BCUT2D eigenvalue weighted by atomic mass is 35.5. The molecule has 154 valence electrons. The summed E-state index contributed by atoms with van der Waals surface area (Å²) in [7, 11) is -1.97. The minimum absolute atomic E-state index is 0.167. The summed E-state index contributed by atoms with van der Waals surface area (Å²) in [5, 5.41) is 0.915. The molecule has 0 atom stereocenters. The summed E-state index contributed by atoms with van der Waals surface area (Å²) in [5.74, 6) is 0.447. The number of hydrogen-bond acceptors (Lipinski definition) is 7. The van der Waals surface area contributed by atoms with Crippen molar-refractivity contribution in [2.75, 3.05) is 25.6 Å². The molecule has 5 nitrogen and oxygen atoms in total. The van der Waals surface area contributed by atoms with Gasteiger partial charge >= 0.3 is 0 Å². The second-order valence-corrected chi connectivity index (χ2v) is 14.8. The highest BCUT2D eigenvalue weighted by molar-refractivity contribution is 8.72. The van der Waals surface area contributed by atoms with Crippen molar-refractivity contribution < 1.29 is 16.8 Å². The first kappa shape index (κ1) is 23.9. The molecule has 2 rings (SSSR count). The lowest BCUT2D eigenvalue weighted by Crippen LogP contribution is -2.33. The van der Waals surface area contributed by atoms with E-state index in [1.54, 1.807) is 14.1 Å². The second-order valence-electron chi connectivity index (χ2n) is 6.00. The summed E-state index contributed by atoms with van der Waals surface area (Å²) in [6.07, 6.45) is 0. The van der Waals surface area contributed by atoms with Crippen LogP contribution in [0, 0.1) is 0 Å². The van der Waals surface area contributed by atoms with Gasteiger partial charge in [0, 0.05) is 27.6 Å². The fourth-order valence-electron chi connectivity index (χ4n) is 2.02. The predicted molar refractivity (Wildman–Crippen MR) is 120 cm³/mol. The number of rotatable bonds is 9. The summed E-state index contributed by atoms with van der Waals surface area (Å²) in [6, 6.07) is 11.6. The van der Waals surface area contributed by atoms with Gasteiger partial charge in [-0.15, -0.1) is 0 Å². The van der Waals surface area contributed by atoms with Crippen LogP contribution in [0.2, 0.25) is 10.0 Å². The summed E-state index contributed by atoms with van der Waals surface area (Å²) >= 11 is 11.6. The van der Waals surface area contributed by atoms with E-state index in [-0.39, 0.29) is 27.3 Å². The zero-order valence-electron chi connectivity index (χ0n) is 15.1. The minimum atomic E-state index is -3.56. The summed E-state index contributed by atoms with van der Waals surface area (Å²) in [4.78, 5) is 2.15. The van der Waals surface area contributed by atoms with E-state index in [9.17, 15) is 16.8 Å². The Balaban J connectivity index is 2.03. The van der Waals surface area contributed by atoms with Gasteiger partial charge in [0.15, 0.2) is 0 Å².